The summed E-state index contributed by atoms with van der Waals surface area (Å²) in [6.07, 6.45) is 13.3. The van der Waals surface area contributed by atoms with Crippen LogP contribution in [-0.4, -0.2) is 3.21 Å². The van der Waals surface area contributed by atoms with Crippen LogP contribution in [-0.2, 0) is 38.5 Å². The van der Waals surface area contributed by atoms with E-state index in [2.05, 4.69) is 149 Å². The van der Waals surface area contributed by atoms with Crippen LogP contribution in [0.1, 0.15) is 133 Å². The van der Waals surface area contributed by atoms with Gasteiger partial charge in [0.15, 0.2) is 0 Å². The molecule has 1 unspecified atom stereocenters. The first kappa shape index (κ1) is 40.1. The molecule has 0 N–H and O–H groups in total. The molecule has 3 heteroatoms. The maximum absolute atomic E-state index is 2.77. The van der Waals surface area contributed by atoms with Gasteiger partial charge in [0.2, 0.25) is 0 Å². The van der Waals surface area contributed by atoms with Crippen molar-refractivity contribution in [2.75, 3.05) is 0 Å². The summed E-state index contributed by atoms with van der Waals surface area (Å²) in [6.45, 7) is 26.9. The summed E-state index contributed by atoms with van der Waals surface area (Å²) in [6, 6.07) is 23.9. The van der Waals surface area contributed by atoms with E-state index in [0.29, 0.717) is 11.3 Å². The van der Waals surface area contributed by atoms with Crippen LogP contribution in [0.15, 0.2) is 81.7 Å². The summed E-state index contributed by atoms with van der Waals surface area (Å²) in [4.78, 5) is 0. The standard InChI is InChI=1S/C23H29.C13H19.C12H10.2ClH.Zr/c1-14-9-16-11-17-10-15(2)21(23(6,7)8)13-19(17)18(16)12-20(14)22(3,4)5;1-11-6-7-12(10-11)13(2)8-4-3-5-9-13;1-2-10-7-8-11-5-3-4-6-12(11)9-10;;;/h9,12-13H,11H2,1-8H3;7,10-11H,3-5,8-9H2,1-2H3;3-9H,1H3;2*1H;. The van der Waals surface area contributed by atoms with Crippen molar-refractivity contribution in [1.29, 1.82) is 0 Å². The van der Waals surface area contributed by atoms with Crippen molar-refractivity contribution in [3.63, 3.8) is 0 Å². The van der Waals surface area contributed by atoms with Crippen molar-refractivity contribution in [2.24, 2.45) is 11.3 Å². The van der Waals surface area contributed by atoms with Gasteiger partial charge in [0.1, 0.15) is 0 Å². The minimum Gasteiger partial charge on any atom is -0.147 e. The third-order valence-corrected chi connectivity index (χ3v) is 20.7. The van der Waals surface area contributed by atoms with Crippen molar-refractivity contribution >= 4 is 42.1 Å². The van der Waals surface area contributed by atoms with E-state index >= 15 is 0 Å². The van der Waals surface area contributed by atoms with E-state index in [1.807, 2.05) is 0 Å². The van der Waals surface area contributed by atoms with Crippen molar-refractivity contribution in [3.05, 3.63) is 121 Å². The topological polar surface area (TPSA) is 0 Å². The molecule has 4 aromatic rings. The maximum Gasteiger partial charge on any atom is -0.147 e. The number of benzene rings is 4. The van der Waals surface area contributed by atoms with Crippen molar-refractivity contribution in [2.45, 2.75) is 126 Å². The molecule has 0 amide bonds. The Balaban J connectivity index is 0.00000252. The molecule has 0 aromatic heterocycles. The Hall–Kier alpha value is -2.05. The van der Waals surface area contributed by atoms with E-state index in [1.54, 1.807) is 26.5 Å². The normalized spacial score (nSPS) is 18.6. The van der Waals surface area contributed by atoms with Crippen LogP contribution in [0.5, 0.6) is 0 Å². The Morgan fingerprint density at radius 2 is 1.39 bits per heavy atom. The third-order valence-electron chi connectivity index (χ3n) is 12.4. The molecule has 1 fully saturated rings. The first-order chi connectivity index (χ1) is 23.1. The first-order valence-corrected chi connectivity index (χ1v) is 22.7. The van der Waals surface area contributed by atoms with Gasteiger partial charge in [-0.25, -0.2) is 0 Å². The predicted octanol–water partition coefficient (Wildman–Crippen LogP) is 13.4. The number of aryl methyl sites for hydroxylation is 1. The van der Waals surface area contributed by atoms with Gasteiger partial charge >= 0.3 is 307 Å². The van der Waals surface area contributed by atoms with Crippen LogP contribution < -0.4 is 3.27 Å². The Morgan fingerprint density at radius 3 is 2.04 bits per heavy atom. The van der Waals surface area contributed by atoms with Gasteiger partial charge in [0, 0.05) is 0 Å². The van der Waals surface area contributed by atoms with Crippen LogP contribution >= 0.6 is 24.8 Å². The molecular weight excluding hydrogens is 739 g/mol. The minimum atomic E-state index is -2.74. The fourth-order valence-electron chi connectivity index (χ4n) is 9.66. The van der Waals surface area contributed by atoms with E-state index in [0.717, 1.165) is 6.42 Å². The summed E-state index contributed by atoms with van der Waals surface area (Å²) in [5.41, 5.74) is 15.8. The summed E-state index contributed by atoms with van der Waals surface area (Å²) < 4.78 is 5.23. The molecule has 1 atom stereocenters. The third kappa shape index (κ3) is 7.28. The smallest absolute Gasteiger partial charge is 0.147 e. The molecule has 0 heterocycles. The fourth-order valence-corrected chi connectivity index (χ4v) is 18.0. The average molecular weight is 799 g/mol. The SMILES string of the molecule is C/[C](c1ccc2ccccc2c1)=[Zr](\[C]1=CC(C2(C)CCCCC2)=CC1C)[c]1c(C)c(C(C)(C)C)cc2c1Cc1cc(C)c(C(C)(C)C)cc1-2.Cl.Cl. The molecule has 3 aliphatic carbocycles. The maximum atomic E-state index is 2.77. The summed E-state index contributed by atoms with van der Waals surface area (Å²) in [5, 5.41) is 2.69. The van der Waals surface area contributed by atoms with Crippen LogP contribution in [0.3, 0.4) is 0 Å². The number of halogens is 2. The van der Waals surface area contributed by atoms with Gasteiger partial charge in [-0.1, -0.05) is 0 Å². The minimum absolute atomic E-state index is 0. The summed E-state index contributed by atoms with van der Waals surface area (Å²) in [5.74, 6) is 0.491. The van der Waals surface area contributed by atoms with E-state index in [-0.39, 0.29) is 35.6 Å². The van der Waals surface area contributed by atoms with E-state index in [9.17, 15) is 0 Å². The quantitative estimate of drug-likeness (QED) is 0.170. The molecule has 0 bridgehead atoms. The molecule has 0 spiro atoms. The van der Waals surface area contributed by atoms with Gasteiger partial charge in [-0.2, -0.15) is 0 Å². The molecule has 4 aromatic carbocycles. The second-order valence-corrected chi connectivity index (χ2v) is 24.5. The number of allylic oxidation sites excluding steroid dienone is 4. The van der Waals surface area contributed by atoms with Gasteiger partial charge in [-0.05, 0) is 0 Å². The Morgan fingerprint density at radius 1 is 0.765 bits per heavy atom. The molecular formula is C48H60Cl2Zr. The van der Waals surface area contributed by atoms with Crippen molar-refractivity contribution in [1.82, 2.24) is 0 Å². The van der Waals surface area contributed by atoms with Gasteiger partial charge in [0.05, 0.1) is 0 Å². The zero-order valence-corrected chi connectivity index (χ0v) is 37.2. The van der Waals surface area contributed by atoms with Gasteiger partial charge in [-0.3, -0.25) is 0 Å². The monoisotopic (exact) mass is 796 g/mol. The summed E-state index contributed by atoms with van der Waals surface area (Å²) >= 11 is -2.74. The Bertz CT molecular complexity index is 2090. The first-order valence-electron chi connectivity index (χ1n) is 19.0. The molecule has 270 valence electrons. The molecule has 0 aliphatic heterocycles. The Labute approximate surface area is 329 Å². The molecule has 51 heavy (non-hydrogen) atoms. The van der Waals surface area contributed by atoms with Crippen molar-refractivity contribution < 1.29 is 21.3 Å². The second-order valence-electron chi connectivity index (χ2n) is 18.1. The van der Waals surface area contributed by atoms with Crippen LogP contribution in [0, 0.1) is 25.2 Å². The Kier molecular flexibility index (Phi) is 11.5. The fraction of sp³-hybridized carbons (Fsp3) is 0.438. The molecule has 0 radical (unpaired) electrons. The van der Waals surface area contributed by atoms with Crippen LogP contribution in [0.4, 0.5) is 0 Å². The number of hydrogen-bond donors (Lipinski definition) is 0. The van der Waals surface area contributed by atoms with Gasteiger partial charge in [0.25, 0.3) is 0 Å². The number of rotatable bonds is 4. The molecule has 0 saturated heterocycles. The number of fused-ring (bicyclic) bond motifs is 4. The molecule has 1 saturated carbocycles. The summed E-state index contributed by atoms with van der Waals surface area (Å²) in [7, 11) is 0. The van der Waals surface area contributed by atoms with Gasteiger partial charge < -0.3 is 0 Å². The van der Waals surface area contributed by atoms with Crippen molar-refractivity contribution in [3.8, 4) is 11.1 Å². The molecule has 0 nitrogen and oxygen atoms in total. The van der Waals surface area contributed by atoms with Crippen LogP contribution in [0.25, 0.3) is 21.9 Å². The number of hydrogen-bond acceptors (Lipinski definition) is 0. The zero-order chi connectivity index (χ0) is 35.0. The molecule has 7 rings (SSSR count). The largest absolute Gasteiger partial charge is 0.147 e. The average Bonchev–Trinajstić information content (AvgIpc) is 3.60. The van der Waals surface area contributed by atoms with Crippen LogP contribution in [0.2, 0.25) is 0 Å². The van der Waals surface area contributed by atoms with Gasteiger partial charge in [-0.15, -0.1) is 24.8 Å². The van der Waals surface area contributed by atoms with E-state index in [4.69, 9.17) is 0 Å². The second kappa shape index (κ2) is 14.6. The zero-order valence-electron chi connectivity index (χ0n) is 33.1. The predicted molar refractivity (Wildman–Crippen MR) is 226 cm³/mol. The molecule has 3 aliphatic rings. The van der Waals surface area contributed by atoms with E-state index in [1.165, 1.54) is 81.8 Å². The van der Waals surface area contributed by atoms with E-state index < -0.39 is 21.3 Å².